The third-order valence-corrected chi connectivity index (χ3v) is 7.18. The average Bonchev–Trinajstić information content (AvgIpc) is 2.69. The number of aliphatic hydroxyl groups is 4. The lowest BCUT2D eigenvalue weighted by molar-refractivity contribution is -0.147. The highest BCUT2D eigenvalue weighted by molar-refractivity contribution is 6.22. The van der Waals surface area contributed by atoms with Crippen molar-refractivity contribution in [3.05, 3.63) is 51.8 Å². The van der Waals surface area contributed by atoms with Gasteiger partial charge in [0, 0.05) is 29.0 Å². The summed E-state index contributed by atoms with van der Waals surface area (Å²) in [6, 6.07) is 1.59. The van der Waals surface area contributed by atoms with Gasteiger partial charge in [0.1, 0.15) is 28.6 Å². The fraction of sp³-hybridized carbons (Fsp3) is 0.400. The highest BCUT2D eigenvalue weighted by Gasteiger charge is 2.60. The number of aliphatic hydroxyl groups excluding tert-OH is 3. The molecule has 1 fully saturated rings. The van der Waals surface area contributed by atoms with Crippen LogP contribution in [0.2, 0.25) is 0 Å². The zero-order chi connectivity index (χ0) is 25.5. The van der Waals surface area contributed by atoms with Crippen molar-refractivity contribution in [3.63, 3.8) is 0 Å². The van der Waals surface area contributed by atoms with Gasteiger partial charge in [-0.2, -0.15) is 0 Å². The molecular weight excluding hydrogens is 442 g/mol. The Morgan fingerprint density at radius 2 is 1.79 bits per heavy atom. The Labute approximate surface area is 195 Å². The van der Waals surface area contributed by atoms with E-state index in [1.165, 1.54) is 0 Å². The molecule has 9 heteroatoms. The Bertz CT molecular complexity index is 1260. The van der Waals surface area contributed by atoms with Gasteiger partial charge in [-0.1, -0.05) is 27.4 Å². The van der Waals surface area contributed by atoms with Gasteiger partial charge in [-0.15, -0.1) is 0 Å². The Morgan fingerprint density at radius 1 is 1.18 bits per heavy atom. The molecular formula is C25H27NO8. The maximum Gasteiger partial charge on any atom is 0.255 e. The van der Waals surface area contributed by atoms with E-state index >= 15 is 0 Å². The molecule has 0 spiro atoms. The molecule has 1 amide bonds. The van der Waals surface area contributed by atoms with Crippen molar-refractivity contribution >= 4 is 29.0 Å². The van der Waals surface area contributed by atoms with Crippen LogP contribution in [0.25, 0.3) is 11.5 Å². The normalized spacial score (nSPS) is 26.7. The quantitative estimate of drug-likeness (QED) is 0.282. The standard InChI is InChI=1S/C25H27NO8/c1-9(27)12-8-14(24(2,3)4)19(29)17-13(12)6-10-5-11-7-15(28)18(23(26)33)22(32)25(11,34)21(31)16(10)20(17)30/h8,10-11,27,29-30,32,34H,1,5-7H2,2-4H3,(H2,26,33)/t10-,11+,25+/m1/s1. The number of ketones is 2. The van der Waals surface area contributed by atoms with Crippen molar-refractivity contribution in [3.8, 4) is 5.75 Å². The molecule has 1 aromatic carbocycles. The summed E-state index contributed by atoms with van der Waals surface area (Å²) in [5, 5.41) is 54.5. The van der Waals surface area contributed by atoms with Crippen molar-refractivity contribution < 1.29 is 39.9 Å². The van der Waals surface area contributed by atoms with Gasteiger partial charge in [0.05, 0.1) is 5.56 Å². The van der Waals surface area contributed by atoms with E-state index in [1.54, 1.807) is 6.07 Å². The van der Waals surface area contributed by atoms with Crippen LogP contribution in [0.5, 0.6) is 5.75 Å². The smallest absolute Gasteiger partial charge is 0.255 e. The molecule has 1 aromatic rings. The van der Waals surface area contributed by atoms with E-state index in [4.69, 9.17) is 5.73 Å². The fourth-order valence-corrected chi connectivity index (χ4v) is 5.52. The summed E-state index contributed by atoms with van der Waals surface area (Å²) >= 11 is 0. The van der Waals surface area contributed by atoms with Gasteiger partial charge in [-0.25, -0.2) is 0 Å². The number of Topliss-reactive ketones (excluding diaryl/α,β-unsaturated/α-hetero) is 2. The van der Waals surface area contributed by atoms with Crippen LogP contribution in [0.15, 0.2) is 29.6 Å². The maximum absolute atomic E-state index is 13.6. The van der Waals surface area contributed by atoms with Crippen LogP contribution in [0.4, 0.5) is 0 Å². The molecule has 34 heavy (non-hydrogen) atoms. The lowest BCUT2D eigenvalue weighted by Gasteiger charge is -2.46. The van der Waals surface area contributed by atoms with Crippen LogP contribution in [0.1, 0.15) is 55.9 Å². The molecule has 7 N–H and O–H groups in total. The summed E-state index contributed by atoms with van der Waals surface area (Å²) in [6.07, 6.45) is -0.279. The van der Waals surface area contributed by atoms with Gasteiger partial charge in [-0.3, -0.25) is 14.4 Å². The van der Waals surface area contributed by atoms with Crippen molar-refractivity contribution in [2.24, 2.45) is 17.6 Å². The molecule has 0 bridgehead atoms. The van der Waals surface area contributed by atoms with Gasteiger partial charge in [-0.05, 0) is 35.8 Å². The van der Waals surface area contributed by atoms with Gasteiger partial charge >= 0.3 is 0 Å². The third-order valence-electron chi connectivity index (χ3n) is 7.18. The Morgan fingerprint density at radius 3 is 2.32 bits per heavy atom. The number of carbonyl (C=O) groups excluding carboxylic acids is 3. The molecule has 4 rings (SSSR count). The summed E-state index contributed by atoms with van der Waals surface area (Å²) in [5.74, 6) is -7.13. The summed E-state index contributed by atoms with van der Waals surface area (Å²) in [4.78, 5) is 37.7. The van der Waals surface area contributed by atoms with Gasteiger partial charge in [0.2, 0.25) is 5.78 Å². The Kier molecular flexibility index (Phi) is 4.99. The van der Waals surface area contributed by atoms with Crippen LogP contribution in [0, 0.1) is 11.8 Å². The fourth-order valence-electron chi connectivity index (χ4n) is 5.52. The second-order valence-electron chi connectivity index (χ2n) is 10.3. The number of amides is 1. The van der Waals surface area contributed by atoms with Gasteiger partial charge < -0.3 is 31.3 Å². The van der Waals surface area contributed by atoms with E-state index in [-0.39, 0.29) is 35.5 Å². The van der Waals surface area contributed by atoms with Crippen LogP contribution in [-0.4, -0.2) is 48.6 Å². The van der Waals surface area contributed by atoms with E-state index in [1.807, 2.05) is 20.8 Å². The number of hydrogen-bond acceptors (Lipinski definition) is 8. The lowest BCUT2D eigenvalue weighted by Crippen LogP contribution is -2.58. The van der Waals surface area contributed by atoms with E-state index in [9.17, 15) is 39.9 Å². The molecule has 0 radical (unpaired) electrons. The Hall–Kier alpha value is -3.59. The first-order chi connectivity index (χ1) is 15.6. The molecule has 3 aliphatic rings. The molecule has 3 aliphatic carbocycles. The first-order valence-corrected chi connectivity index (χ1v) is 10.9. The highest BCUT2D eigenvalue weighted by atomic mass is 16.3. The zero-order valence-corrected chi connectivity index (χ0v) is 19.1. The number of rotatable bonds is 2. The minimum atomic E-state index is -2.61. The zero-order valence-electron chi connectivity index (χ0n) is 19.1. The van der Waals surface area contributed by atoms with E-state index in [0.29, 0.717) is 16.7 Å². The maximum atomic E-state index is 13.6. The summed E-state index contributed by atoms with van der Waals surface area (Å²) in [6.45, 7) is 9.05. The number of carbonyl (C=O) groups is 3. The topological polar surface area (TPSA) is 178 Å². The predicted molar refractivity (Wildman–Crippen MR) is 122 cm³/mol. The molecule has 0 aliphatic heterocycles. The monoisotopic (exact) mass is 469 g/mol. The molecule has 0 aromatic heterocycles. The number of aromatic hydroxyl groups is 1. The minimum Gasteiger partial charge on any atom is -0.508 e. The molecule has 0 unspecified atom stereocenters. The summed E-state index contributed by atoms with van der Waals surface area (Å²) in [5.41, 5.74) is 1.91. The SMILES string of the molecule is C=C(O)c1cc(C(C)(C)C)c(O)c2c1C[C@H]1C[C@H]3CC(=O)C(C(N)=O)=C(O)[C@@]3(O)C(=O)C1=C2O. The molecule has 0 heterocycles. The molecule has 0 saturated heterocycles. The molecule has 1 saturated carbocycles. The molecule has 9 nitrogen and oxygen atoms in total. The first-order valence-electron chi connectivity index (χ1n) is 10.9. The Balaban J connectivity index is 2.01. The second kappa shape index (κ2) is 7.20. The van der Waals surface area contributed by atoms with Gasteiger partial charge in [0.25, 0.3) is 5.91 Å². The first kappa shape index (κ1) is 23.6. The van der Waals surface area contributed by atoms with Crippen LogP contribution in [-0.2, 0) is 26.2 Å². The third kappa shape index (κ3) is 3.00. The van der Waals surface area contributed by atoms with Crippen LogP contribution >= 0.6 is 0 Å². The minimum absolute atomic E-state index is 0.0159. The van der Waals surface area contributed by atoms with Crippen molar-refractivity contribution in [1.29, 1.82) is 0 Å². The van der Waals surface area contributed by atoms with E-state index < -0.39 is 63.8 Å². The number of benzene rings is 1. The van der Waals surface area contributed by atoms with Crippen molar-refractivity contribution in [1.82, 2.24) is 0 Å². The number of fused-ring (bicyclic) bond motifs is 3. The number of nitrogens with two attached hydrogens (primary N) is 1. The van der Waals surface area contributed by atoms with Crippen LogP contribution in [0.3, 0.4) is 0 Å². The number of primary amides is 1. The highest BCUT2D eigenvalue weighted by Crippen LogP contribution is 2.53. The van der Waals surface area contributed by atoms with Crippen molar-refractivity contribution in [2.75, 3.05) is 0 Å². The van der Waals surface area contributed by atoms with Gasteiger partial charge in [0.15, 0.2) is 11.4 Å². The molecule has 180 valence electrons. The average molecular weight is 469 g/mol. The predicted octanol–water partition coefficient (Wildman–Crippen LogP) is 2.25. The van der Waals surface area contributed by atoms with Crippen molar-refractivity contribution in [2.45, 2.75) is 51.0 Å². The molecule has 3 atom stereocenters. The van der Waals surface area contributed by atoms with Crippen LogP contribution < -0.4 is 5.73 Å². The number of phenols is 1. The summed E-state index contributed by atoms with van der Waals surface area (Å²) in [7, 11) is 0. The van der Waals surface area contributed by atoms with E-state index in [0.717, 1.165) is 0 Å². The second-order valence-corrected chi connectivity index (χ2v) is 10.3. The van der Waals surface area contributed by atoms with E-state index in [2.05, 4.69) is 6.58 Å². The summed E-state index contributed by atoms with van der Waals surface area (Å²) < 4.78 is 0. The number of hydrogen-bond donors (Lipinski definition) is 6. The largest absolute Gasteiger partial charge is 0.508 e. The lowest BCUT2D eigenvalue weighted by atomic mass is 9.59. The number of phenolic OH excluding ortho intramolecular Hbond substituents is 1.